The molecule has 31 heteroatoms. The zero-order chi connectivity index (χ0) is 72.2. The van der Waals surface area contributed by atoms with E-state index in [1.807, 2.05) is 84.9 Å². The molecular formula is C67H70Br2Cl4CoN10O14. The van der Waals surface area contributed by atoms with E-state index in [1.54, 1.807) is 24.3 Å². The van der Waals surface area contributed by atoms with Crippen molar-refractivity contribution in [3.63, 3.8) is 0 Å². The molecule has 4 heterocycles. The fraction of sp³-hybridized carbons (Fsp3) is 0.224. The molecule has 0 saturated carbocycles. The standard InChI is InChI=1S/2C32H30BrN5O2.CH2Cl2.2CH4O.2ClHO4.Co/c2*1-5-34-26-16-28-24(14-19(26)3)31(25-15-20(4)27(35-6-2)17-29(25)40-28)22-11-7-8-12-23(22)32(39)38-36-18-21-10-9-13-30(33)37-21;2-1-3;2*1-2;2*2-1(3,4)5;/h2*7-18,34H,5-6H2,1-4H3,(H,38,39);1H2;2*2H,1H3;2*(H,2,3,4,5);/q;;;;;;;+2/p-2/b2*35-27?,36-18+;;;;;;. The van der Waals surface area contributed by atoms with Crippen LogP contribution in [0.2, 0.25) is 0 Å². The zero-order valence-corrected chi connectivity index (χ0v) is 61.7. The molecule has 0 spiro atoms. The topological polar surface area (TPSA) is 425 Å². The average Bonchev–Trinajstić information content (AvgIpc) is 0.749. The molecule has 1 radical (unpaired) electrons. The van der Waals surface area contributed by atoms with Gasteiger partial charge in [-0.2, -0.15) is 20.4 Å². The molecule has 24 nitrogen and oxygen atoms in total. The van der Waals surface area contributed by atoms with Gasteiger partial charge >= 0.3 is 16.8 Å². The van der Waals surface area contributed by atoms with Crippen molar-refractivity contribution >= 4 is 113 Å². The SMILES string of the molecule is CCNc1cc2oc3cc(=[NH+]CC)c(C)cc-3c(-c3ccccc3/C([O-])=N/N=C/c3cccc(Br)n3)c2cc1C.CCNc1cc2oc3cc(=[NH+]CC)c(C)cc-3c(-c3ccccc3/C([O-])=N/N=C/c3cccc(Br)n3)c2cc1C.CO.CO.ClCCl.[Co+2].[O-][Cl+3]([O-])([O-])[O-].[O-][Cl+3]([O-])([O-])[O-]. The van der Waals surface area contributed by atoms with Crippen LogP contribution in [-0.4, -0.2) is 90.1 Å². The van der Waals surface area contributed by atoms with Gasteiger partial charge in [-0.15, -0.1) is 43.7 Å². The van der Waals surface area contributed by atoms with Crippen LogP contribution in [0, 0.1) is 48.2 Å². The maximum Gasteiger partial charge on any atom is 2.00 e. The van der Waals surface area contributed by atoms with Gasteiger partial charge in [0.15, 0.2) is 0 Å². The van der Waals surface area contributed by atoms with Gasteiger partial charge in [0.25, 0.3) is 0 Å². The van der Waals surface area contributed by atoms with Gasteiger partial charge in [-0.1, -0.05) is 60.7 Å². The fourth-order valence-electron chi connectivity index (χ4n) is 9.66. The second-order valence-electron chi connectivity index (χ2n) is 19.7. The Bertz CT molecular complexity index is 4150. The smallest absolute Gasteiger partial charge is 0.857 e. The molecule has 0 bridgehead atoms. The van der Waals surface area contributed by atoms with Gasteiger partial charge in [-0.25, -0.2) is 57.2 Å². The molecule has 0 amide bonds. The number of fused-ring (bicyclic) bond motifs is 4. The van der Waals surface area contributed by atoms with E-state index in [2.05, 4.69) is 163 Å². The third-order valence-electron chi connectivity index (χ3n) is 13.3. The summed E-state index contributed by atoms with van der Waals surface area (Å²) in [5, 5.41) is 67.9. The Balaban J connectivity index is 0.000000411. The predicted octanol–water partition coefficient (Wildman–Crippen LogP) is 0.230. The Hall–Kier alpha value is -7.33. The molecule has 0 atom stereocenters. The van der Waals surface area contributed by atoms with Crippen molar-refractivity contribution in [3.8, 4) is 44.9 Å². The van der Waals surface area contributed by atoms with E-state index >= 15 is 0 Å². The second-order valence-corrected chi connectivity index (χ2v) is 23.7. The number of hydrogen-bond donors (Lipinski definition) is 6. The summed E-state index contributed by atoms with van der Waals surface area (Å²) in [6.07, 6.45) is 2.93. The normalized spacial score (nSPS) is 11.8. The van der Waals surface area contributed by atoms with Crippen LogP contribution in [0.5, 0.6) is 0 Å². The molecule has 2 aromatic heterocycles. The first kappa shape index (κ1) is 84.9. The molecular weight excluding hydrogens is 1530 g/mol. The monoisotopic (exact) mass is 1600 g/mol. The van der Waals surface area contributed by atoms with Crippen LogP contribution in [0.15, 0.2) is 172 Å². The van der Waals surface area contributed by atoms with E-state index in [0.717, 1.165) is 152 Å². The van der Waals surface area contributed by atoms with Crippen LogP contribution in [0.1, 0.15) is 72.5 Å². The Kier molecular flexibility index (Phi) is 36.3. The molecule has 0 fully saturated rings. The number of benzene rings is 6. The van der Waals surface area contributed by atoms with Crippen LogP contribution < -0.4 is 78.8 Å². The summed E-state index contributed by atoms with van der Waals surface area (Å²) in [6.45, 7) is 19.7. The van der Waals surface area contributed by atoms with E-state index in [-0.39, 0.29) is 22.1 Å². The van der Waals surface area contributed by atoms with Gasteiger partial charge < -0.3 is 39.9 Å². The van der Waals surface area contributed by atoms with Gasteiger partial charge in [0.1, 0.15) is 45.0 Å². The van der Waals surface area contributed by atoms with E-state index in [1.165, 1.54) is 12.4 Å². The average molecular weight is 1600 g/mol. The summed E-state index contributed by atoms with van der Waals surface area (Å²) in [4.78, 5) is 15.5. The molecule has 2 aliphatic carbocycles. The molecule has 6 aromatic rings. The Morgan fingerprint density at radius 3 is 1.16 bits per heavy atom. The summed E-state index contributed by atoms with van der Waals surface area (Å²) in [5.41, 5.74) is 15.2. The number of aliphatic hydroxyl groups excluding tert-OH is 2. The number of pyridine rings is 2. The zero-order valence-electron chi connectivity index (χ0n) is 54.5. The van der Waals surface area contributed by atoms with Crippen molar-refractivity contribution in [2.24, 2.45) is 20.4 Å². The molecule has 0 unspecified atom stereocenters. The molecule has 4 aliphatic rings. The van der Waals surface area contributed by atoms with E-state index in [0.29, 0.717) is 31.7 Å². The van der Waals surface area contributed by atoms with E-state index in [9.17, 15) is 10.2 Å². The number of hydrogen-bond acceptors (Lipinski definition) is 22. The van der Waals surface area contributed by atoms with Crippen molar-refractivity contribution in [3.05, 3.63) is 198 Å². The number of aryl methyl sites for hydroxylation is 4. The fourth-order valence-corrected chi connectivity index (χ4v) is 10.4. The molecule has 0 saturated heterocycles. The molecule has 98 heavy (non-hydrogen) atoms. The number of alkyl halides is 2. The second kappa shape index (κ2) is 41.9. The summed E-state index contributed by atoms with van der Waals surface area (Å²) in [7, 11) is -7.89. The number of anilines is 2. The maximum atomic E-state index is 13.4. The quantitative estimate of drug-likeness (QED) is 0.0212. The van der Waals surface area contributed by atoms with Gasteiger partial charge in [0.05, 0.1) is 41.3 Å². The van der Waals surface area contributed by atoms with Crippen molar-refractivity contribution in [1.82, 2.24) is 9.97 Å². The Labute approximate surface area is 607 Å². The summed E-state index contributed by atoms with van der Waals surface area (Å²) in [6, 6.07) is 42.6. The van der Waals surface area contributed by atoms with Crippen molar-refractivity contribution in [2.75, 3.05) is 56.4 Å². The Morgan fingerprint density at radius 2 is 0.847 bits per heavy atom. The molecule has 2 aliphatic heterocycles. The van der Waals surface area contributed by atoms with Crippen LogP contribution >= 0.6 is 55.1 Å². The number of rotatable bonds is 14. The molecule has 523 valence electrons. The molecule has 4 aromatic carbocycles. The van der Waals surface area contributed by atoms with Crippen LogP contribution in [0.4, 0.5) is 11.4 Å². The molecule has 10 rings (SSSR count). The number of nitrogens with zero attached hydrogens (tertiary/aromatic N) is 6. The van der Waals surface area contributed by atoms with Gasteiger partial charge in [0, 0.05) is 107 Å². The first-order valence-electron chi connectivity index (χ1n) is 29.1. The van der Waals surface area contributed by atoms with E-state index in [4.69, 9.17) is 79.5 Å². The van der Waals surface area contributed by atoms with Gasteiger partial charge in [-0.05, 0) is 169 Å². The number of nitrogens with one attached hydrogen (secondary N) is 4. The van der Waals surface area contributed by atoms with Crippen molar-refractivity contribution in [2.45, 2.75) is 55.4 Å². The third-order valence-corrected chi connectivity index (χ3v) is 14.2. The van der Waals surface area contributed by atoms with E-state index < -0.39 is 32.3 Å². The Morgan fingerprint density at radius 1 is 0.510 bits per heavy atom. The molecule has 6 N–H and O–H groups in total. The van der Waals surface area contributed by atoms with Crippen LogP contribution in [0.3, 0.4) is 0 Å². The minimum atomic E-state index is -4.94. The first-order valence-corrected chi connectivity index (χ1v) is 34.2. The number of halogens is 6. The maximum absolute atomic E-state index is 13.4. The minimum Gasteiger partial charge on any atom is -0.857 e. The number of aliphatic hydroxyl groups is 2. The number of aromatic nitrogens is 2. The van der Waals surface area contributed by atoms with Crippen LogP contribution in [-0.2, 0) is 16.8 Å². The first-order chi connectivity index (χ1) is 46.2. The summed E-state index contributed by atoms with van der Waals surface area (Å²) < 4.78 is 82.3. The van der Waals surface area contributed by atoms with Gasteiger partial charge in [-0.3, -0.25) is 0 Å². The van der Waals surface area contributed by atoms with Crippen LogP contribution in [0.25, 0.3) is 66.8 Å². The summed E-state index contributed by atoms with van der Waals surface area (Å²) in [5.74, 6) is 0.582. The minimum absolute atomic E-state index is 0. The summed E-state index contributed by atoms with van der Waals surface area (Å²) >= 11 is 16.2. The van der Waals surface area contributed by atoms with Crippen molar-refractivity contribution in [1.29, 1.82) is 0 Å². The largest absolute Gasteiger partial charge is 2.00 e. The third kappa shape index (κ3) is 25.8. The van der Waals surface area contributed by atoms with Crippen molar-refractivity contribution < 1.29 is 114 Å². The predicted molar refractivity (Wildman–Crippen MR) is 358 cm³/mol. The van der Waals surface area contributed by atoms with Gasteiger partial charge in [0.2, 0.25) is 10.7 Å².